The SMILES string of the molecule is COc1ccc2nccc(C(O)CC[C@@H]3CCN(CCCSC)C[C@@H]3CC(=O)O)c2c1. The van der Waals surface area contributed by atoms with Gasteiger partial charge in [0.05, 0.1) is 18.7 Å². The second-order valence-electron chi connectivity index (χ2n) is 8.43. The Morgan fingerprint density at radius 2 is 2.19 bits per heavy atom. The van der Waals surface area contributed by atoms with E-state index in [9.17, 15) is 15.0 Å². The number of methoxy groups -OCH3 is 1. The number of carbonyl (C=O) groups is 1. The topological polar surface area (TPSA) is 82.9 Å². The number of aromatic nitrogens is 1. The van der Waals surface area contributed by atoms with Gasteiger partial charge in [0.2, 0.25) is 0 Å². The lowest BCUT2D eigenvalue weighted by molar-refractivity contribution is -0.139. The molecule has 0 aliphatic carbocycles. The van der Waals surface area contributed by atoms with E-state index in [4.69, 9.17) is 4.74 Å². The van der Waals surface area contributed by atoms with Crippen molar-refractivity contribution in [3.63, 3.8) is 0 Å². The summed E-state index contributed by atoms with van der Waals surface area (Å²) >= 11 is 1.85. The highest BCUT2D eigenvalue weighted by Crippen LogP contribution is 2.34. The van der Waals surface area contributed by atoms with E-state index in [1.54, 1.807) is 13.3 Å². The van der Waals surface area contributed by atoms with Crippen molar-refractivity contribution in [2.24, 2.45) is 11.8 Å². The number of rotatable bonds is 11. The van der Waals surface area contributed by atoms with Gasteiger partial charge in [-0.3, -0.25) is 9.78 Å². The van der Waals surface area contributed by atoms with Crippen LogP contribution in [0.25, 0.3) is 10.9 Å². The Morgan fingerprint density at radius 3 is 2.94 bits per heavy atom. The Bertz CT molecular complexity index is 863. The minimum absolute atomic E-state index is 0.141. The molecule has 6 nitrogen and oxygen atoms in total. The van der Waals surface area contributed by atoms with Gasteiger partial charge in [0.25, 0.3) is 0 Å². The molecular formula is C24H34N2O4S. The highest BCUT2D eigenvalue weighted by molar-refractivity contribution is 7.98. The number of pyridine rings is 1. The molecule has 1 unspecified atom stereocenters. The number of aliphatic hydroxyl groups excluding tert-OH is 1. The van der Waals surface area contributed by atoms with Crippen LogP contribution >= 0.6 is 11.8 Å². The van der Waals surface area contributed by atoms with Crippen molar-refractivity contribution in [2.75, 3.05) is 38.8 Å². The average molecular weight is 447 g/mol. The van der Waals surface area contributed by atoms with E-state index < -0.39 is 12.1 Å². The van der Waals surface area contributed by atoms with Gasteiger partial charge in [0, 0.05) is 24.5 Å². The Labute approximate surface area is 189 Å². The zero-order valence-electron chi connectivity index (χ0n) is 18.5. The number of carboxylic acids is 1. The number of thioether (sulfide) groups is 1. The molecule has 1 fully saturated rings. The number of nitrogens with zero attached hydrogens (tertiary/aromatic N) is 2. The molecule has 2 aromatic rings. The minimum Gasteiger partial charge on any atom is -0.497 e. The van der Waals surface area contributed by atoms with Crippen LogP contribution in [0.1, 0.15) is 43.8 Å². The number of carboxylic acid groups (broad SMARTS) is 1. The van der Waals surface area contributed by atoms with Crippen molar-refractivity contribution in [2.45, 2.75) is 38.2 Å². The number of hydrogen-bond acceptors (Lipinski definition) is 6. The molecule has 0 bridgehead atoms. The average Bonchev–Trinajstić information content (AvgIpc) is 2.77. The van der Waals surface area contributed by atoms with E-state index >= 15 is 0 Å². The first-order chi connectivity index (χ1) is 15.0. The maximum absolute atomic E-state index is 11.5. The summed E-state index contributed by atoms with van der Waals surface area (Å²) in [6, 6.07) is 7.56. The zero-order valence-corrected chi connectivity index (χ0v) is 19.3. The van der Waals surface area contributed by atoms with Crippen molar-refractivity contribution >= 4 is 28.6 Å². The van der Waals surface area contributed by atoms with Crippen LogP contribution in [-0.2, 0) is 4.79 Å². The Kier molecular flexibility index (Phi) is 8.99. The number of aliphatic carboxylic acids is 1. The van der Waals surface area contributed by atoms with Gasteiger partial charge < -0.3 is 19.8 Å². The normalized spacial score (nSPS) is 20.6. The first kappa shape index (κ1) is 23.8. The lowest BCUT2D eigenvalue weighted by atomic mass is 9.79. The van der Waals surface area contributed by atoms with Gasteiger partial charge in [-0.1, -0.05) is 0 Å². The summed E-state index contributed by atoms with van der Waals surface area (Å²) < 4.78 is 5.34. The summed E-state index contributed by atoms with van der Waals surface area (Å²) in [5, 5.41) is 21.3. The van der Waals surface area contributed by atoms with Crippen LogP contribution in [0.4, 0.5) is 0 Å². The number of benzene rings is 1. The van der Waals surface area contributed by atoms with Crippen LogP contribution < -0.4 is 4.74 Å². The first-order valence-corrected chi connectivity index (χ1v) is 12.4. The van der Waals surface area contributed by atoms with Crippen LogP contribution in [0.5, 0.6) is 5.75 Å². The van der Waals surface area contributed by atoms with Crippen molar-refractivity contribution in [1.82, 2.24) is 9.88 Å². The predicted molar refractivity (Wildman–Crippen MR) is 126 cm³/mol. The maximum atomic E-state index is 11.5. The number of aliphatic hydroxyl groups is 1. The maximum Gasteiger partial charge on any atom is 0.303 e. The van der Waals surface area contributed by atoms with E-state index in [1.165, 1.54) is 0 Å². The van der Waals surface area contributed by atoms with Crippen LogP contribution in [0.2, 0.25) is 0 Å². The molecular weight excluding hydrogens is 412 g/mol. The fourth-order valence-corrected chi connectivity index (χ4v) is 5.14. The van der Waals surface area contributed by atoms with Gasteiger partial charge in [0.1, 0.15) is 5.75 Å². The molecule has 1 saturated heterocycles. The smallest absolute Gasteiger partial charge is 0.303 e. The fraction of sp³-hybridized carbons (Fsp3) is 0.583. The summed E-state index contributed by atoms with van der Waals surface area (Å²) in [5.41, 5.74) is 1.69. The van der Waals surface area contributed by atoms with E-state index in [0.29, 0.717) is 12.3 Å². The zero-order chi connectivity index (χ0) is 22.2. The van der Waals surface area contributed by atoms with Crippen LogP contribution in [0, 0.1) is 11.8 Å². The summed E-state index contributed by atoms with van der Waals surface area (Å²) in [6.07, 6.45) is 7.02. The molecule has 2 N–H and O–H groups in total. The number of likely N-dealkylation sites (tertiary alicyclic amines) is 1. The largest absolute Gasteiger partial charge is 0.497 e. The lowest BCUT2D eigenvalue weighted by Gasteiger charge is -2.38. The number of fused-ring (bicyclic) bond motifs is 1. The molecule has 3 atom stereocenters. The van der Waals surface area contributed by atoms with Gasteiger partial charge in [-0.15, -0.1) is 0 Å². The molecule has 2 heterocycles. The van der Waals surface area contributed by atoms with E-state index in [-0.39, 0.29) is 12.3 Å². The lowest BCUT2D eigenvalue weighted by Crippen LogP contribution is -2.42. The third-order valence-corrected chi connectivity index (χ3v) is 7.08. The molecule has 31 heavy (non-hydrogen) atoms. The first-order valence-electron chi connectivity index (χ1n) is 11.1. The molecule has 1 aliphatic heterocycles. The van der Waals surface area contributed by atoms with Crippen molar-refractivity contribution in [3.8, 4) is 5.75 Å². The molecule has 0 radical (unpaired) electrons. The quantitative estimate of drug-likeness (QED) is 0.500. The summed E-state index contributed by atoms with van der Waals surface area (Å²) in [4.78, 5) is 18.3. The van der Waals surface area contributed by atoms with Crippen molar-refractivity contribution < 1.29 is 19.7 Å². The molecule has 1 aromatic carbocycles. The number of ether oxygens (including phenoxy) is 1. The molecule has 0 saturated carbocycles. The monoisotopic (exact) mass is 446 g/mol. The van der Waals surface area contributed by atoms with Gasteiger partial charge in [-0.2, -0.15) is 11.8 Å². The predicted octanol–water partition coefficient (Wildman–Crippen LogP) is 4.22. The number of hydrogen-bond donors (Lipinski definition) is 2. The minimum atomic E-state index is -0.728. The highest BCUT2D eigenvalue weighted by Gasteiger charge is 2.31. The van der Waals surface area contributed by atoms with Crippen molar-refractivity contribution in [3.05, 3.63) is 36.0 Å². The molecule has 1 aromatic heterocycles. The van der Waals surface area contributed by atoms with Crippen LogP contribution in [0.3, 0.4) is 0 Å². The van der Waals surface area contributed by atoms with Gasteiger partial charge in [-0.25, -0.2) is 0 Å². The van der Waals surface area contributed by atoms with E-state index in [0.717, 1.165) is 66.9 Å². The molecule has 7 heteroatoms. The second kappa shape index (κ2) is 11.7. The van der Waals surface area contributed by atoms with Crippen molar-refractivity contribution in [1.29, 1.82) is 0 Å². The summed E-state index contributed by atoms with van der Waals surface area (Å²) in [6.45, 7) is 2.90. The third-order valence-electron chi connectivity index (χ3n) is 6.39. The van der Waals surface area contributed by atoms with E-state index in [1.807, 2.05) is 36.0 Å². The van der Waals surface area contributed by atoms with Gasteiger partial charge >= 0.3 is 5.97 Å². The summed E-state index contributed by atoms with van der Waals surface area (Å²) in [5.74, 6) is 1.62. The molecule has 1 aliphatic rings. The standard InChI is InChI=1S/C24H34N2O4S/c1-30-19-5-6-22-21(15-19)20(8-10-25-22)23(27)7-4-17-9-12-26(11-3-13-31-2)16-18(17)14-24(28)29/h5-6,8,10,15,17-18,23,27H,3-4,7,9,11-14,16H2,1-2H3,(H,28,29)/t17-,18+,23?/m1/s1. The molecule has 0 amide bonds. The fourth-order valence-electron chi connectivity index (χ4n) is 4.72. The molecule has 3 rings (SSSR count). The van der Waals surface area contributed by atoms with Gasteiger partial charge in [-0.05, 0) is 92.4 Å². The highest BCUT2D eigenvalue weighted by atomic mass is 32.2. The molecule has 0 spiro atoms. The Balaban J connectivity index is 1.65. The Hall–Kier alpha value is -1.83. The summed E-state index contributed by atoms with van der Waals surface area (Å²) in [7, 11) is 1.63. The van der Waals surface area contributed by atoms with Gasteiger partial charge in [0.15, 0.2) is 0 Å². The Morgan fingerprint density at radius 1 is 1.35 bits per heavy atom. The molecule has 170 valence electrons. The third kappa shape index (κ3) is 6.57. The van der Waals surface area contributed by atoms with E-state index in [2.05, 4.69) is 16.1 Å². The van der Waals surface area contributed by atoms with Crippen LogP contribution in [-0.4, -0.2) is 64.8 Å². The number of piperidine rings is 1. The second-order valence-corrected chi connectivity index (χ2v) is 9.42. The van der Waals surface area contributed by atoms with Crippen LogP contribution in [0.15, 0.2) is 30.5 Å².